The predicted molar refractivity (Wildman–Crippen MR) is 139 cm³/mol. The quantitative estimate of drug-likeness (QED) is 0.234. The van der Waals surface area contributed by atoms with E-state index in [0.29, 0.717) is 30.6 Å². The number of benzene rings is 3. The number of hydrogen-bond donors (Lipinski definition) is 0. The SMILES string of the molecule is O=C(C(Cc1ccccc1)N(Cc1ccc(F)cc1)C(=O)C=Cc1ccc([N+](=O)[O-])cc1)N1CCCC1. The van der Waals surface area contributed by atoms with Gasteiger partial charge in [0.15, 0.2) is 0 Å². The third-order valence-corrected chi connectivity index (χ3v) is 6.42. The lowest BCUT2D eigenvalue weighted by Crippen LogP contribution is -2.50. The van der Waals surface area contributed by atoms with Crippen molar-refractivity contribution < 1.29 is 18.9 Å². The van der Waals surface area contributed by atoms with Gasteiger partial charge in [-0.2, -0.15) is 0 Å². The van der Waals surface area contributed by atoms with Gasteiger partial charge >= 0.3 is 0 Å². The predicted octanol–water partition coefficient (Wildman–Crippen LogP) is 5.01. The summed E-state index contributed by atoms with van der Waals surface area (Å²) in [7, 11) is 0. The van der Waals surface area contributed by atoms with E-state index >= 15 is 0 Å². The molecule has 4 rings (SSSR count). The minimum atomic E-state index is -0.750. The molecule has 2 amide bonds. The van der Waals surface area contributed by atoms with Crippen LogP contribution in [0, 0.1) is 15.9 Å². The molecule has 0 radical (unpaired) electrons. The molecule has 1 saturated heterocycles. The van der Waals surface area contributed by atoms with Gasteiger partial charge in [-0.1, -0.05) is 42.5 Å². The normalized spacial score (nSPS) is 14.0. The van der Waals surface area contributed by atoms with Crippen LogP contribution in [-0.2, 0) is 22.6 Å². The second kappa shape index (κ2) is 12.1. The van der Waals surface area contributed by atoms with Gasteiger partial charge < -0.3 is 9.80 Å². The number of rotatable bonds is 9. The molecular weight excluding hydrogens is 473 g/mol. The van der Waals surface area contributed by atoms with Crippen molar-refractivity contribution in [3.05, 3.63) is 118 Å². The zero-order valence-corrected chi connectivity index (χ0v) is 20.3. The first kappa shape index (κ1) is 25.8. The van der Waals surface area contributed by atoms with Gasteiger partial charge in [-0.3, -0.25) is 19.7 Å². The van der Waals surface area contributed by atoms with Crippen molar-refractivity contribution in [3.8, 4) is 0 Å². The molecule has 1 aliphatic heterocycles. The Morgan fingerprint density at radius 3 is 2.22 bits per heavy atom. The highest BCUT2D eigenvalue weighted by molar-refractivity contribution is 5.95. The van der Waals surface area contributed by atoms with Gasteiger partial charge in [-0.25, -0.2) is 4.39 Å². The van der Waals surface area contributed by atoms with Crippen molar-refractivity contribution >= 4 is 23.6 Å². The van der Waals surface area contributed by atoms with Gasteiger partial charge in [0.2, 0.25) is 11.8 Å². The van der Waals surface area contributed by atoms with Crippen molar-refractivity contribution in [1.82, 2.24) is 9.80 Å². The molecule has 7 nitrogen and oxygen atoms in total. The number of likely N-dealkylation sites (tertiary alicyclic amines) is 1. The standard InChI is InChI=1S/C29H28FN3O4/c30-25-13-8-24(9-14-25)21-32(28(34)17-12-22-10-15-26(16-11-22)33(36)37)27(20-23-6-2-1-3-7-23)29(35)31-18-4-5-19-31/h1-3,6-17,27H,4-5,18-21H2. The maximum atomic E-state index is 13.7. The number of carbonyl (C=O) groups is 2. The summed E-state index contributed by atoms with van der Waals surface area (Å²) in [5, 5.41) is 10.9. The lowest BCUT2D eigenvalue weighted by molar-refractivity contribution is -0.384. The van der Waals surface area contributed by atoms with Crippen LogP contribution in [0.1, 0.15) is 29.5 Å². The first-order valence-electron chi connectivity index (χ1n) is 12.2. The van der Waals surface area contributed by atoms with Crippen molar-refractivity contribution in [3.63, 3.8) is 0 Å². The molecule has 0 N–H and O–H groups in total. The molecule has 190 valence electrons. The van der Waals surface area contributed by atoms with Gasteiger partial charge in [-0.15, -0.1) is 0 Å². The lowest BCUT2D eigenvalue weighted by Gasteiger charge is -2.33. The van der Waals surface area contributed by atoms with Crippen LogP contribution >= 0.6 is 0 Å². The first-order valence-corrected chi connectivity index (χ1v) is 12.2. The van der Waals surface area contributed by atoms with Crippen molar-refractivity contribution in [2.75, 3.05) is 13.1 Å². The van der Waals surface area contributed by atoms with Gasteiger partial charge in [0.1, 0.15) is 11.9 Å². The zero-order valence-electron chi connectivity index (χ0n) is 20.3. The third kappa shape index (κ3) is 6.88. The average molecular weight is 502 g/mol. The van der Waals surface area contributed by atoms with Crippen LogP contribution in [0.15, 0.2) is 84.9 Å². The zero-order chi connectivity index (χ0) is 26.2. The van der Waals surface area contributed by atoms with Crippen LogP contribution in [0.25, 0.3) is 6.08 Å². The number of nitro groups is 1. The number of carbonyl (C=O) groups excluding carboxylic acids is 2. The summed E-state index contributed by atoms with van der Waals surface area (Å²) in [5.74, 6) is -0.870. The molecule has 1 aliphatic rings. The minimum Gasteiger partial charge on any atom is -0.341 e. The Kier molecular flexibility index (Phi) is 8.40. The Bertz CT molecular complexity index is 1250. The molecule has 3 aromatic rings. The first-order chi connectivity index (χ1) is 17.9. The highest BCUT2D eigenvalue weighted by atomic mass is 19.1. The Labute approximate surface area is 215 Å². The molecule has 0 aliphatic carbocycles. The molecule has 1 fully saturated rings. The Morgan fingerprint density at radius 2 is 1.59 bits per heavy atom. The van der Waals surface area contributed by atoms with E-state index in [2.05, 4.69) is 0 Å². The highest BCUT2D eigenvalue weighted by Crippen LogP contribution is 2.20. The summed E-state index contributed by atoms with van der Waals surface area (Å²) < 4.78 is 13.6. The van der Waals surface area contributed by atoms with E-state index in [1.54, 1.807) is 35.2 Å². The number of non-ortho nitro benzene ring substituents is 1. The largest absolute Gasteiger partial charge is 0.341 e. The number of hydrogen-bond acceptors (Lipinski definition) is 4. The van der Waals surface area contributed by atoms with Crippen molar-refractivity contribution in [1.29, 1.82) is 0 Å². The summed E-state index contributed by atoms with van der Waals surface area (Å²) in [5.41, 5.74) is 2.20. The van der Waals surface area contributed by atoms with E-state index in [0.717, 1.165) is 18.4 Å². The molecule has 1 atom stereocenters. The van der Waals surface area contributed by atoms with Crippen LogP contribution in [0.4, 0.5) is 10.1 Å². The molecular formula is C29H28FN3O4. The average Bonchev–Trinajstić information content (AvgIpc) is 3.46. The summed E-state index contributed by atoms with van der Waals surface area (Å²) in [6.07, 6.45) is 5.14. The lowest BCUT2D eigenvalue weighted by atomic mass is 10.0. The second-order valence-electron chi connectivity index (χ2n) is 9.01. The number of amides is 2. The highest BCUT2D eigenvalue weighted by Gasteiger charge is 2.33. The van der Waals surface area contributed by atoms with E-state index < -0.39 is 11.0 Å². The fraction of sp³-hybridized carbons (Fsp3) is 0.241. The maximum absolute atomic E-state index is 13.7. The maximum Gasteiger partial charge on any atom is 0.269 e. The molecule has 0 spiro atoms. The molecule has 8 heteroatoms. The van der Waals surface area contributed by atoms with E-state index in [1.165, 1.54) is 35.2 Å². The Morgan fingerprint density at radius 1 is 0.946 bits per heavy atom. The Balaban J connectivity index is 1.66. The molecule has 0 saturated carbocycles. The monoisotopic (exact) mass is 501 g/mol. The molecule has 37 heavy (non-hydrogen) atoms. The summed E-state index contributed by atoms with van der Waals surface area (Å²) in [6, 6.07) is 20.5. The molecule has 1 unspecified atom stereocenters. The summed E-state index contributed by atoms with van der Waals surface area (Å²) >= 11 is 0. The van der Waals surface area contributed by atoms with E-state index in [9.17, 15) is 24.1 Å². The topological polar surface area (TPSA) is 83.8 Å². The minimum absolute atomic E-state index is 0.0412. The smallest absolute Gasteiger partial charge is 0.269 e. The summed E-state index contributed by atoms with van der Waals surface area (Å²) in [4.78, 5) is 41.1. The van der Waals surface area contributed by atoms with Crippen molar-refractivity contribution in [2.24, 2.45) is 0 Å². The van der Waals surface area contributed by atoms with Crippen molar-refractivity contribution in [2.45, 2.75) is 31.8 Å². The van der Waals surface area contributed by atoms with Crippen LogP contribution in [0.2, 0.25) is 0 Å². The van der Waals surface area contributed by atoms with E-state index in [-0.39, 0.29) is 29.9 Å². The van der Waals surface area contributed by atoms with Gasteiger partial charge in [0.25, 0.3) is 5.69 Å². The van der Waals surface area contributed by atoms with Gasteiger partial charge in [0, 0.05) is 44.3 Å². The molecule has 3 aromatic carbocycles. The van der Waals surface area contributed by atoms with E-state index in [4.69, 9.17) is 0 Å². The summed E-state index contributed by atoms with van der Waals surface area (Å²) in [6.45, 7) is 1.43. The number of nitro benzene ring substituents is 1. The fourth-order valence-corrected chi connectivity index (χ4v) is 4.42. The molecule has 0 aromatic heterocycles. The molecule has 0 bridgehead atoms. The molecule has 1 heterocycles. The van der Waals surface area contributed by atoms with Crippen LogP contribution in [0.5, 0.6) is 0 Å². The number of nitrogens with zero attached hydrogens (tertiary/aromatic N) is 3. The van der Waals surface area contributed by atoms with Crippen LogP contribution < -0.4 is 0 Å². The van der Waals surface area contributed by atoms with Gasteiger partial charge in [0.05, 0.1) is 4.92 Å². The Hall–Kier alpha value is -4.33. The second-order valence-corrected chi connectivity index (χ2v) is 9.01. The van der Waals surface area contributed by atoms with Crippen LogP contribution in [-0.4, -0.2) is 45.7 Å². The third-order valence-electron chi connectivity index (χ3n) is 6.42. The number of halogens is 1. The fourth-order valence-electron chi connectivity index (χ4n) is 4.42. The van der Waals surface area contributed by atoms with E-state index in [1.807, 2.05) is 30.3 Å². The van der Waals surface area contributed by atoms with Gasteiger partial charge in [-0.05, 0) is 59.9 Å². The van der Waals surface area contributed by atoms with Crippen LogP contribution in [0.3, 0.4) is 0 Å².